The largest absolute Gasteiger partial charge is 0.494 e. The SMILES string of the molecule is [N-]=[N+]=Nc1c(F)c(F)c(F)c(F)c1C(=O)NCC(n1c(O)ccc1O)S(=O)(=O)O. The van der Waals surface area contributed by atoms with Gasteiger partial charge in [-0.1, -0.05) is 5.11 Å². The van der Waals surface area contributed by atoms with Gasteiger partial charge in [-0.25, -0.2) is 17.6 Å². The maximum Gasteiger partial charge on any atom is 0.288 e. The molecule has 1 amide bonds. The molecule has 0 aliphatic heterocycles. The smallest absolute Gasteiger partial charge is 0.288 e. The first kappa shape index (κ1) is 21.8. The Hall–Kier alpha value is -3.49. The number of rotatable bonds is 6. The number of carbonyl (C=O) groups excluding carboxylic acids is 1. The van der Waals surface area contributed by atoms with Crippen molar-refractivity contribution >= 4 is 21.7 Å². The van der Waals surface area contributed by atoms with E-state index in [1.165, 1.54) is 0 Å². The van der Waals surface area contributed by atoms with Crippen LogP contribution in [-0.4, -0.2) is 40.2 Å². The molecular weight excluding hydrogens is 430 g/mol. The number of aromatic hydroxyl groups is 2. The van der Waals surface area contributed by atoms with Crippen molar-refractivity contribution in [3.05, 3.63) is 51.4 Å². The Labute approximate surface area is 158 Å². The van der Waals surface area contributed by atoms with Crippen molar-refractivity contribution in [1.29, 1.82) is 0 Å². The molecule has 29 heavy (non-hydrogen) atoms. The predicted octanol–water partition coefficient (Wildman–Crippen LogP) is 2.21. The Morgan fingerprint density at radius 1 is 1.14 bits per heavy atom. The molecule has 2 rings (SSSR count). The van der Waals surface area contributed by atoms with E-state index in [1.807, 2.05) is 0 Å². The molecule has 0 bridgehead atoms. The van der Waals surface area contributed by atoms with Gasteiger partial charge in [-0.15, -0.1) is 0 Å². The zero-order chi connectivity index (χ0) is 22.1. The summed E-state index contributed by atoms with van der Waals surface area (Å²) >= 11 is 0. The van der Waals surface area contributed by atoms with E-state index < -0.39 is 74.2 Å². The van der Waals surface area contributed by atoms with Crippen LogP contribution in [0.5, 0.6) is 11.8 Å². The summed E-state index contributed by atoms with van der Waals surface area (Å²) in [5.74, 6) is -12.7. The average Bonchev–Trinajstić information content (AvgIpc) is 2.96. The third-order valence-electron chi connectivity index (χ3n) is 3.56. The van der Waals surface area contributed by atoms with Crippen molar-refractivity contribution in [1.82, 2.24) is 9.88 Å². The second-order valence-corrected chi connectivity index (χ2v) is 6.84. The lowest BCUT2D eigenvalue weighted by Gasteiger charge is -2.19. The van der Waals surface area contributed by atoms with E-state index in [-0.39, 0.29) is 4.57 Å². The summed E-state index contributed by atoms with van der Waals surface area (Å²) in [5, 5.41) is 21.1. The molecule has 16 heteroatoms. The number of hydrogen-bond donors (Lipinski definition) is 4. The molecule has 1 aromatic heterocycles. The molecule has 11 nitrogen and oxygen atoms in total. The van der Waals surface area contributed by atoms with Crippen LogP contribution in [-0.2, 0) is 10.1 Å². The van der Waals surface area contributed by atoms with E-state index in [0.717, 1.165) is 12.1 Å². The molecule has 0 spiro atoms. The van der Waals surface area contributed by atoms with Crippen LogP contribution in [0.1, 0.15) is 15.7 Å². The molecule has 0 saturated carbocycles. The van der Waals surface area contributed by atoms with Crippen molar-refractivity contribution in [2.24, 2.45) is 5.11 Å². The Bertz CT molecular complexity index is 1130. The van der Waals surface area contributed by atoms with Gasteiger partial charge in [-0.3, -0.25) is 13.9 Å². The summed E-state index contributed by atoms with van der Waals surface area (Å²) in [6, 6.07) is 1.67. The summed E-state index contributed by atoms with van der Waals surface area (Å²) in [6.45, 7) is -1.18. The average molecular weight is 439 g/mol. The van der Waals surface area contributed by atoms with E-state index in [9.17, 15) is 45.5 Å². The first-order chi connectivity index (χ1) is 13.4. The third kappa shape index (κ3) is 4.03. The second kappa shape index (κ2) is 7.86. The molecular formula is C13H9F4N5O6S. The quantitative estimate of drug-likeness (QED) is 0.102. The highest BCUT2D eigenvalue weighted by Crippen LogP contribution is 2.32. The number of halogens is 4. The molecule has 0 saturated heterocycles. The van der Waals surface area contributed by atoms with E-state index in [0.29, 0.717) is 0 Å². The van der Waals surface area contributed by atoms with Crippen molar-refractivity contribution in [3.63, 3.8) is 0 Å². The van der Waals surface area contributed by atoms with Crippen LogP contribution in [0, 0.1) is 23.3 Å². The Morgan fingerprint density at radius 2 is 1.66 bits per heavy atom. The van der Waals surface area contributed by atoms with Gasteiger partial charge in [0.15, 0.2) is 40.4 Å². The maximum absolute atomic E-state index is 14.0. The monoisotopic (exact) mass is 439 g/mol. The molecule has 156 valence electrons. The molecule has 2 aromatic rings. The van der Waals surface area contributed by atoms with Crippen molar-refractivity contribution < 1.29 is 45.5 Å². The Kier molecular flexibility index (Phi) is 5.91. The molecule has 0 radical (unpaired) electrons. The molecule has 0 fully saturated rings. The second-order valence-electron chi connectivity index (χ2n) is 5.27. The minimum Gasteiger partial charge on any atom is -0.494 e. The number of nitrogens with one attached hydrogen (secondary N) is 1. The molecule has 1 heterocycles. The van der Waals surface area contributed by atoms with Gasteiger partial charge >= 0.3 is 0 Å². The van der Waals surface area contributed by atoms with Gasteiger partial charge in [0.05, 0.1) is 17.8 Å². The van der Waals surface area contributed by atoms with Crippen molar-refractivity contribution in [2.75, 3.05) is 6.54 Å². The zero-order valence-electron chi connectivity index (χ0n) is 13.7. The fourth-order valence-electron chi connectivity index (χ4n) is 2.29. The van der Waals surface area contributed by atoms with Gasteiger partial charge in [-0.2, -0.15) is 8.42 Å². The minimum absolute atomic E-state index is 0.256. The van der Waals surface area contributed by atoms with E-state index in [4.69, 9.17) is 5.53 Å². The van der Waals surface area contributed by atoms with Crippen LogP contribution in [0.15, 0.2) is 17.2 Å². The molecule has 1 aromatic carbocycles. The highest BCUT2D eigenvalue weighted by Gasteiger charge is 2.32. The molecule has 1 unspecified atom stereocenters. The number of aromatic nitrogens is 1. The molecule has 1 atom stereocenters. The summed E-state index contributed by atoms with van der Waals surface area (Å²) in [4.78, 5) is 14.2. The molecule has 0 aliphatic carbocycles. The van der Waals surface area contributed by atoms with Crippen LogP contribution >= 0.6 is 0 Å². The number of azide groups is 1. The highest BCUT2D eigenvalue weighted by molar-refractivity contribution is 7.85. The van der Waals surface area contributed by atoms with E-state index in [2.05, 4.69) is 10.0 Å². The van der Waals surface area contributed by atoms with Gasteiger partial charge in [0.2, 0.25) is 0 Å². The summed E-state index contributed by atoms with van der Waals surface area (Å²) in [5.41, 5.74) is 5.23. The fourth-order valence-corrected chi connectivity index (χ4v) is 3.06. The van der Waals surface area contributed by atoms with E-state index in [1.54, 1.807) is 5.32 Å². The molecule has 4 N–H and O–H groups in total. The van der Waals surface area contributed by atoms with Crippen LogP contribution in [0.3, 0.4) is 0 Å². The first-order valence-electron chi connectivity index (χ1n) is 7.16. The number of carbonyl (C=O) groups is 1. The van der Waals surface area contributed by atoms with Gasteiger partial charge in [0.25, 0.3) is 16.0 Å². The van der Waals surface area contributed by atoms with Crippen LogP contribution in [0.25, 0.3) is 10.4 Å². The topological polar surface area (TPSA) is 178 Å². The van der Waals surface area contributed by atoms with Crippen LogP contribution < -0.4 is 5.32 Å². The third-order valence-corrected chi connectivity index (χ3v) is 4.62. The fraction of sp³-hybridized carbons (Fsp3) is 0.154. The van der Waals surface area contributed by atoms with Gasteiger partial charge in [0.1, 0.15) is 0 Å². The number of hydrogen-bond acceptors (Lipinski definition) is 6. The normalized spacial score (nSPS) is 12.3. The zero-order valence-corrected chi connectivity index (χ0v) is 14.5. The van der Waals surface area contributed by atoms with E-state index >= 15 is 0 Å². The number of benzene rings is 1. The number of amides is 1. The lowest BCUT2D eigenvalue weighted by atomic mass is 10.1. The van der Waals surface area contributed by atoms with Crippen molar-refractivity contribution in [3.8, 4) is 11.8 Å². The lowest BCUT2D eigenvalue weighted by molar-refractivity contribution is 0.0945. The minimum atomic E-state index is -5.12. The van der Waals surface area contributed by atoms with Gasteiger partial charge in [-0.05, 0) is 5.53 Å². The van der Waals surface area contributed by atoms with Crippen molar-refractivity contribution in [2.45, 2.75) is 5.37 Å². The summed E-state index contributed by atoms with van der Waals surface area (Å²) in [7, 11) is -5.12. The number of nitrogens with zero attached hydrogens (tertiary/aromatic N) is 4. The van der Waals surface area contributed by atoms with Gasteiger partial charge in [0, 0.05) is 17.0 Å². The predicted molar refractivity (Wildman–Crippen MR) is 85.8 cm³/mol. The highest BCUT2D eigenvalue weighted by atomic mass is 32.2. The summed E-state index contributed by atoms with van der Waals surface area (Å²) < 4.78 is 87.0. The van der Waals surface area contributed by atoms with Crippen LogP contribution in [0.4, 0.5) is 23.2 Å². The molecule has 0 aliphatic rings. The summed E-state index contributed by atoms with van der Waals surface area (Å²) in [6.07, 6.45) is 0. The first-order valence-corrected chi connectivity index (χ1v) is 8.66. The van der Waals surface area contributed by atoms with Gasteiger partial charge < -0.3 is 15.5 Å². The lowest BCUT2D eigenvalue weighted by Crippen LogP contribution is -2.35. The standard InChI is InChI=1S/C13H9F4N5O6S/c14-8-7(12(20-21-18)11(17)10(16)9(8)15)13(25)19-3-6(29(26,27)28)22-4(23)1-2-5(22)24/h1-2,6,23-24H,3H2,(H,19,25)(H,26,27,28). The van der Waals surface area contributed by atoms with Crippen LogP contribution in [0.2, 0.25) is 0 Å². The maximum atomic E-state index is 14.0. The Morgan fingerprint density at radius 3 is 2.14 bits per heavy atom. The Balaban J connectivity index is 2.48.